The Bertz CT molecular complexity index is 690. The van der Waals surface area contributed by atoms with Crippen molar-refractivity contribution in [3.63, 3.8) is 0 Å². The Labute approximate surface area is 148 Å². The second kappa shape index (κ2) is 7.68. The number of ketones is 1. The maximum absolute atomic E-state index is 12.6. The molecule has 0 unspecified atom stereocenters. The molecule has 3 nitrogen and oxygen atoms in total. The van der Waals surface area contributed by atoms with E-state index in [-0.39, 0.29) is 5.78 Å². The summed E-state index contributed by atoms with van der Waals surface area (Å²) in [7, 11) is 0. The van der Waals surface area contributed by atoms with Gasteiger partial charge in [-0.05, 0) is 29.1 Å². The summed E-state index contributed by atoms with van der Waals surface area (Å²) in [5.74, 6) is 0.145. The third kappa shape index (κ3) is 4.90. The highest BCUT2D eigenvalue weighted by Gasteiger charge is 2.30. The monoisotopic (exact) mass is 368 g/mol. The summed E-state index contributed by atoms with van der Waals surface area (Å²) in [5, 5.41) is 1.90. The number of halogens is 3. The van der Waals surface area contributed by atoms with Gasteiger partial charge >= 0.3 is 6.18 Å². The third-order valence-electron chi connectivity index (χ3n) is 4.32. The summed E-state index contributed by atoms with van der Waals surface area (Å²) in [6.07, 6.45) is -4.29. The van der Waals surface area contributed by atoms with Crippen molar-refractivity contribution in [1.82, 2.24) is 9.80 Å². The molecule has 0 aliphatic carbocycles. The Hall–Kier alpha value is -1.70. The van der Waals surface area contributed by atoms with Crippen molar-refractivity contribution in [2.45, 2.75) is 12.7 Å². The minimum absolute atomic E-state index is 0.145. The quantitative estimate of drug-likeness (QED) is 0.751. The first-order valence-corrected chi connectivity index (χ1v) is 8.97. The molecule has 1 aromatic carbocycles. The number of alkyl halides is 3. The third-order valence-corrected chi connectivity index (χ3v) is 5.23. The SMILES string of the molecule is O=C(CN1CCN(Cc2ccc(C(F)(F)F)cc2)CC1)c1cccs1. The predicted octanol–water partition coefficient (Wildman–Crippen LogP) is 3.77. The standard InChI is InChI=1S/C18H19F3N2OS/c19-18(20,21)15-5-3-14(4-6-15)12-22-7-9-23(10-8-22)13-16(24)17-2-1-11-25-17/h1-6,11H,7-10,12-13H2. The number of piperazine rings is 1. The number of benzene rings is 1. The fraction of sp³-hybridized carbons (Fsp3) is 0.389. The highest BCUT2D eigenvalue weighted by Crippen LogP contribution is 2.29. The smallest absolute Gasteiger partial charge is 0.297 e. The lowest BCUT2D eigenvalue weighted by molar-refractivity contribution is -0.137. The predicted molar refractivity (Wildman–Crippen MR) is 91.8 cm³/mol. The number of hydrogen-bond donors (Lipinski definition) is 0. The summed E-state index contributed by atoms with van der Waals surface area (Å²) >= 11 is 1.46. The van der Waals surface area contributed by atoms with Crippen LogP contribution >= 0.6 is 11.3 Å². The first-order chi connectivity index (χ1) is 11.9. The lowest BCUT2D eigenvalue weighted by Crippen LogP contribution is -2.47. The zero-order valence-corrected chi connectivity index (χ0v) is 14.4. The summed E-state index contributed by atoms with van der Waals surface area (Å²) in [4.78, 5) is 17.2. The van der Waals surface area contributed by atoms with Gasteiger partial charge in [-0.15, -0.1) is 11.3 Å². The van der Waals surface area contributed by atoms with E-state index in [2.05, 4.69) is 9.80 Å². The van der Waals surface area contributed by atoms with E-state index >= 15 is 0 Å². The van der Waals surface area contributed by atoms with E-state index in [1.165, 1.54) is 23.5 Å². The summed E-state index contributed by atoms with van der Waals surface area (Å²) in [6, 6.07) is 9.05. The van der Waals surface area contributed by atoms with E-state index in [9.17, 15) is 18.0 Å². The van der Waals surface area contributed by atoms with Gasteiger partial charge < -0.3 is 0 Å². The van der Waals surface area contributed by atoms with Gasteiger partial charge in [-0.1, -0.05) is 18.2 Å². The van der Waals surface area contributed by atoms with Crippen LogP contribution in [0.2, 0.25) is 0 Å². The van der Waals surface area contributed by atoms with Gasteiger partial charge in [0.05, 0.1) is 17.0 Å². The van der Waals surface area contributed by atoms with Crippen LogP contribution in [-0.2, 0) is 12.7 Å². The molecule has 2 heterocycles. The maximum atomic E-state index is 12.6. The Morgan fingerprint density at radius 3 is 2.20 bits per heavy atom. The van der Waals surface area contributed by atoms with Crippen LogP contribution in [0.5, 0.6) is 0 Å². The van der Waals surface area contributed by atoms with Gasteiger partial charge in [-0.3, -0.25) is 14.6 Å². The topological polar surface area (TPSA) is 23.6 Å². The molecule has 3 rings (SSSR count). The largest absolute Gasteiger partial charge is 0.416 e. The van der Waals surface area contributed by atoms with Crippen LogP contribution in [0.3, 0.4) is 0 Å². The normalized spacial score (nSPS) is 16.9. The second-order valence-corrected chi connectivity index (χ2v) is 7.10. The van der Waals surface area contributed by atoms with Crippen LogP contribution in [0, 0.1) is 0 Å². The van der Waals surface area contributed by atoms with Crippen LogP contribution in [0.15, 0.2) is 41.8 Å². The molecule has 0 radical (unpaired) electrons. The molecule has 2 aromatic rings. The van der Waals surface area contributed by atoms with E-state index in [0.29, 0.717) is 13.1 Å². The molecule has 0 atom stereocenters. The molecular formula is C18H19F3N2OS. The molecule has 25 heavy (non-hydrogen) atoms. The van der Waals surface area contributed by atoms with Gasteiger partial charge in [-0.2, -0.15) is 13.2 Å². The fourth-order valence-electron chi connectivity index (χ4n) is 2.88. The number of Topliss-reactive ketones (excluding diaryl/α,β-unsaturated/α-hetero) is 1. The number of nitrogens with zero attached hydrogens (tertiary/aromatic N) is 2. The van der Waals surface area contributed by atoms with Crippen molar-refractivity contribution < 1.29 is 18.0 Å². The Morgan fingerprint density at radius 2 is 1.64 bits per heavy atom. The molecule has 0 N–H and O–H groups in total. The number of rotatable bonds is 5. The van der Waals surface area contributed by atoms with E-state index in [1.807, 2.05) is 17.5 Å². The van der Waals surface area contributed by atoms with Crippen molar-refractivity contribution in [3.8, 4) is 0 Å². The molecule has 1 aliphatic rings. The number of carbonyl (C=O) groups is 1. The first-order valence-electron chi connectivity index (χ1n) is 8.09. The van der Waals surface area contributed by atoms with Gasteiger partial charge in [0.15, 0.2) is 5.78 Å². The molecule has 134 valence electrons. The first kappa shape index (κ1) is 18.1. The zero-order chi connectivity index (χ0) is 17.9. The lowest BCUT2D eigenvalue weighted by Gasteiger charge is -2.34. The van der Waals surface area contributed by atoms with E-state index in [0.717, 1.165) is 48.8 Å². The zero-order valence-electron chi connectivity index (χ0n) is 13.6. The molecule has 0 bridgehead atoms. The molecule has 1 aliphatic heterocycles. The highest BCUT2D eigenvalue weighted by molar-refractivity contribution is 7.12. The van der Waals surface area contributed by atoms with E-state index < -0.39 is 11.7 Å². The molecule has 0 amide bonds. The summed E-state index contributed by atoms with van der Waals surface area (Å²) in [6.45, 7) is 4.24. The van der Waals surface area contributed by atoms with Crippen LogP contribution < -0.4 is 0 Å². The molecular weight excluding hydrogens is 349 g/mol. The average molecular weight is 368 g/mol. The summed E-state index contributed by atoms with van der Waals surface area (Å²) < 4.78 is 37.8. The van der Waals surface area contributed by atoms with Crippen LogP contribution in [0.25, 0.3) is 0 Å². The molecule has 1 aromatic heterocycles. The van der Waals surface area contributed by atoms with Crippen molar-refractivity contribution in [3.05, 3.63) is 57.8 Å². The highest BCUT2D eigenvalue weighted by atomic mass is 32.1. The second-order valence-electron chi connectivity index (χ2n) is 6.15. The van der Waals surface area contributed by atoms with Crippen LogP contribution in [0.1, 0.15) is 20.8 Å². The van der Waals surface area contributed by atoms with Crippen molar-refractivity contribution in [1.29, 1.82) is 0 Å². The summed E-state index contributed by atoms with van der Waals surface area (Å²) in [5.41, 5.74) is 0.254. The lowest BCUT2D eigenvalue weighted by atomic mass is 10.1. The molecule has 1 saturated heterocycles. The Balaban J connectivity index is 1.47. The molecule has 0 saturated carbocycles. The minimum Gasteiger partial charge on any atom is -0.297 e. The molecule has 1 fully saturated rings. The van der Waals surface area contributed by atoms with Gasteiger partial charge in [-0.25, -0.2) is 0 Å². The van der Waals surface area contributed by atoms with Crippen LogP contribution in [0.4, 0.5) is 13.2 Å². The molecule has 7 heteroatoms. The van der Waals surface area contributed by atoms with Gasteiger partial charge in [0, 0.05) is 32.7 Å². The van der Waals surface area contributed by atoms with Gasteiger partial charge in [0.25, 0.3) is 0 Å². The van der Waals surface area contributed by atoms with Crippen molar-refractivity contribution >= 4 is 17.1 Å². The fourth-order valence-corrected chi connectivity index (χ4v) is 3.54. The average Bonchev–Trinajstić information content (AvgIpc) is 3.11. The Kier molecular flexibility index (Phi) is 5.56. The minimum atomic E-state index is -4.29. The molecule has 0 spiro atoms. The number of thiophene rings is 1. The van der Waals surface area contributed by atoms with Crippen LogP contribution in [-0.4, -0.2) is 48.3 Å². The van der Waals surface area contributed by atoms with Crippen molar-refractivity contribution in [2.75, 3.05) is 32.7 Å². The van der Waals surface area contributed by atoms with Gasteiger partial charge in [0.2, 0.25) is 0 Å². The van der Waals surface area contributed by atoms with E-state index in [1.54, 1.807) is 0 Å². The Morgan fingerprint density at radius 1 is 1.00 bits per heavy atom. The van der Waals surface area contributed by atoms with Gasteiger partial charge in [0.1, 0.15) is 0 Å². The maximum Gasteiger partial charge on any atom is 0.416 e. The van der Waals surface area contributed by atoms with Crippen molar-refractivity contribution in [2.24, 2.45) is 0 Å². The number of hydrogen-bond acceptors (Lipinski definition) is 4. The number of carbonyl (C=O) groups excluding carboxylic acids is 1. The van der Waals surface area contributed by atoms with E-state index in [4.69, 9.17) is 0 Å².